The van der Waals surface area contributed by atoms with Gasteiger partial charge in [-0.25, -0.2) is 10.2 Å². The molecule has 2 saturated carbocycles. The van der Waals surface area contributed by atoms with Crippen molar-refractivity contribution >= 4 is 52.3 Å². The van der Waals surface area contributed by atoms with E-state index in [0.29, 0.717) is 120 Å². The van der Waals surface area contributed by atoms with E-state index in [1.165, 1.54) is 12.0 Å². The number of carbonyl (C=O) groups excluding carboxylic acids is 6. The van der Waals surface area contributed by atoms with Crippen molar-refractivity contribution in [2.24, 2.45) is 34.5 Å². The molecule has 8 aliphatic rings. The van der Waals surface area contributed by atoms with Crippen LogP contribution in [-0.4, -0.2) is 167 Å². The molecule has 6 N–H and O–H groups in total. The number of esters is 2. The first-order valence-corrected chi connectivity index (χ1v) is 29.2. The van der Waals surface area contributed by atoms with Crippen LogP contribution in [0, 0.1) is 34.5 Å². The molecule has 1 aromatic heterocycles. The molecule has 2 aromatic carbocycles. The number of hydrogen-bond donors (Lipinski definition) is 6. The number of ether oxygens (including phenoxy) is 4. The molecule has 20 nitrogen and oxygen atoms in total. The van der Waals surface area contributed by atoms with Gasteiger partial charge < -0.3 is 44.2 Å². The Labute approximate surface area is 473 Å². The van der Waals surface area contributed by atoms with Crippen LogP contribution in [0.5, 0.6) is 5.75 Å². The summed E-state index contributed by atoms with van der Waals surface area (Å²) in [7, 11) is 4.73. The summed E-state index contributed by atoms with van der Waals surface area (Å²) in [5, 5.41) is 39.6. The Morgan fingerprint density at radius 1 is 0.914 bits per heavy atom. The van der Waals surface area contributed by atoms with Crippen molar-refractivity contribution < 1.29 is 63.0 Å². The molecule has 7 heterocycles. The quantitative estimate of drug-likeness (QED) is 0.0499. The van der Waals surface area contributed by atoms with Gasteiger partial charge in [0, 0.05) is 97.0 Å². The van der Waals surface area contributed by atoms with Gasteiger partial charge in [0.1, 0.15) is 17.3 Å². The van der Waals surface area contributed by atoms with E-state index in [1.54, 1.807) is 14.2 Å². The summed E-state index contributed by atoms with van der Waals surface area (Å²) < 4.78 is 23.0. The van der Waals surface area contributed by atoms with E-state index < -0.39 is 82.3 Å². The first-order chi connectivity index (χ1) is 38.5. The van der Waals surface area contributed by atoms with Gasteiger partial charge in [0.05, 0.1) is 37.7 Å². The Morgan fingerprint density at radius 3 is 2.36 bits per heavy atom. The van der Waals surface area contributed by atoms with Gasteiger partial charge in [-0.05, 0) is 111 Å². The number of likely N-dealkylation sites (N-methyl/N-ethyl adjacent to an activating group) is 1. The van der Waals surface area contributed by atoms with Gasteiger partial charge in [-0.1, -0.05) is 65.0 Å². The number of likely N-dealkylation sites (tertiary alicyclic amines) is 1. The standard InChI is InChI=1S/C61H81N7O13/c1-9-57(76)29-36-30-60(54(74)79-8,47-39(20-24-66(31-36)33-57)38-14-11-12-15-43(38)62-47)41-26-40-44(28-45(41)78-7)65(6)51-59(40)22-25-67-23-13-21-58(10-2,50(59)67)52(72)61(51,77)53(73)63-64-55(75)81-34-80-49(71)37-18-16-35(17-19-37)32-68-46(69)27-42(48(68)70)56(3,4)5/h11-15,21,26,28,35-37,42,50-52,62,72,76-77H,9-10,16-20,22-25,27,29-34H2,1-8H3,(H,63,73)(H,64,75)/t35?,36-,37?,42?,50-,51+,52+,57-,58+,59+,60-,61-/m0/s1. The van der Waals surface area contributed by atoms with Crippen molar-refractivity contribution in [2.45, 2.75) is 145 Å². The number of hydrazine groups is 1. The van der Waals surface area contributed by atoms with Crippen LogP contribution in [-0.2, 0) is 55.4 Å². The van der Waals surface area contributed by atoms with E-state index in [9.17, 15) is 34.5 Å². The first kappa shape index (κ1) is 56.8. The zero-order chi connectivity index (χ0) is 57.8. The minimum absolute atomic E-state index is 0.0504. The maximum Gasteiger partial charge on any atom is 0.428 e. The number of nitrogens with one attached hydrogen (secondary N) is 3. The average molecular weight is 1120 g/mol. The number of aliphatic hydroxyl groups excluding tert-OH is 1. The number of rotatable bonds is 11. The first-order valence-electron chi connectivity index (χ1n) is 29.2. The minimum atomic E-state index is -2.62. The SMILES string of the molecule is CC[C@]1(O)C[C@@H]2CN(CCc3c([nH]c4ccccc34)[C@@](C(=O)OC)(c3cc4c(cc3OC)N(C)[C@H]3[C@@](O)(C(=O)NNC(=O)OCOC(=O)C5CCC(CN6C(=O)CC(C(C)(C)C)C6=O)CC5)[C@H](O)[C@]5(CC)C=CCN6CC[C@]43[C@@H]65)C2)C1. The molecule has 1 spiro atoms. The number of methoxy groups -OCH3 is 2. The number of nitrogens with zero attached hydrogens (tertiary/aromatic N) is 4. The van der Waals surface area contributed by atoms with E-state index in [-0.39, 0.29) is 47.8 Å². The summed E-state index contributed by atoms with van der Waals surface area (Å²) >= 11 is 0. The number of benzene rings is 2. The number of para-hydroxylation sites is 1. The highest BCUT2D eigenvalue weighted by Crippen LogP contribution is 2.68. The lowest BCUT2D eigenvalue weighted by Gasteiger charge is -2.63. The predicted octanol–water partition coefficient (Wildman–Crippen LogP) is 4.73. The summed E-state index contributed by atoms with van der Waals surface area (Å²) in [5.41, 5.74) is 1.29. The number of H-pyrrole nitrogens is 1. The maximum atomic E-state index is 15.5. The van der Waals surface area contributed by atoms with Crippen molar-refractivity contribution in [1.29, 1.82) is 0 Å². The Balaban J connectivity index is 0.879. The van der Waals surface area contributed by atoms with Gasteiger partial charge in [0.15, 0.2) is 5.60 Å². The minimum Gasteiger partial charge on any atom is -0.496 e. The molecule has 20 heteroatoms. The van der Waals surface area contributed by atoms with Gasteiger partial charge in [-0.3, -0.25) is 44.1 Å². The van der Waals surface area contributed by atoms with E-state index in [0.717, 1.165) is 22.0 Å². The molecule has 438 valence electrons. The highest BCUT2D eigenvalue weighted by atomic mass is 16.7. The number of aromatic amines is 1. The number of fused-ring (bicyclic) bond motifs is 6. The number of amides is 4. The van der Waals surface area contributed by atoms with Crippen molar-refractivity contribution in [1.82, 2.24) is 30.5 Å². The zero-order valence-corrected chi connectivity index (χ0v) is 48.1. The van der Waals surface area contributed by atoms with Crippen LogP contribution < -0.4 is 20.5 Å². The number of aromatic nitrogens is 1. The molecule has 4 amide bonds. The van der Waals surface area contributed by atoms with Crippen molar-refractivity contribution in [3.05, 3.63) is 70.9 Å². The molecule has 5 fully saturated rings. The predicted molar refractivity (Wildman–Crippen MR) is 297 cm³/mol. The molecule has 11 atom stereocenters. The zero-order valence-electron chi connectivity index (χ0n) is 48.1. The lowest BCUT2D eigenvalue weighted by molar-refractivity contribution is -0.204. The average Bonchev–Trinajstić information content (AvgIpc) is 3.11. The number of aliphatic hydroxyl groups is 3. The Morgan fingerprint density at radius 2 is 1.67 bits per heavy atom. The number of carbonyl (C=O) groups is 6. The molecular formula is C61H81N7O13. The molecule has 2 aliphatic carbocycles. The second kappa shape index (κ2) is 20.7. The van der Waals surface area contributed by atoms with Crippen LogP contribution in [0.2, 0.25) is 0 Å². The third-order valence-electron chi connectivity index (χ3n) is 20.8. The second-order valence-electron chi connectivity index (χ2n) is 25.9. The van der Waals surface area contributed by atoms with Crippen LogP contribution in [0.15, 0.2) is 48.6 Å². The second-order valence-corrected chi connectivity index (χ2v) is 25.9. The number of piperidine rings is 1. The largest absolute Gasteiger partial charge is 0.496 e. The normalized spacial score (nSPS) is 35.2. The number of imide groups is 1. The monoisotopic (exact) mass is 1120 g/mol. The number of anilines is 1. The van der Waals surface area contributed by atoms with E-state index in [2.05, 4.69) is 31.7 Å². The highest BCUT2D eigenvalue weighted by Gasteiger charge is 2.79. The molecule has 2 bridgehead atoms. The summed E-state index contributed by atoms with van der Waals surface area (Å²) in [6.07, 6.45) is 5.95. The smallest absolute Gasteiger partial charge is 0.428 e. The van der Waals surface area contributed by atoms with Crippen LogP contribution in [0.3, 0.4) is 0 Å². The van der Waals surface area contributed by atoms with Gasteiger partial charge in [-0.2, -0.15) is 0 Å². The molecular weight excluding hydrogens is 1040 g/mol. The van der Waals surface area contributed by atoms with Crippen LogP contribution in [0.4, 0.5) is 10.5 Å². The van der Waals surface area contributed by atoms with Gasteiger partial charge >= 0.3 is 18.0 Å². The highest BCUT2D eigenvalue weighted by molar-refractivity contribution is 6.04. The Kier molecular flexibility index (Phi) is 14.5. The Bertz CT molecular complexity index is 3060. The van der Waals surface area contributed by atoms with E-state index >= 15 is 9.59 Å². The summed E-state index contributed by atoms with van der Waals surface area (Å²) in [6.45, 7) is 12.3. The molecule has 2 unspecified atom stereocenters. The number of hydrogen-bond acceptors (Lipinski definition) is 16. The fraction of sp³-hybridized carbons (Fsp3) is 0.639. The molecule has 3 saturated heterocycles. The molecule has 81 heavy (non-hydrogen) atoms. The molecule has 6 aliphatic heterocycles. The van der Waals surface area contributed by atoms with Crippen molar-refractivity contribution in [3.63, 3.8) is 0 Å². The topological polar surface area (TPSA) is 253 Å². The van der Waals surface area contributed by atoms with Crippen LogP contribution in [0.25, 0.3) is 10.9 Å². The van der Waals surface area contributed by atoms with Crippen molar-refractivity contribution in [2.75, 3.05) is 72.2 Å². The maximum absolute atomic E-state index is 15.5. The van der Waals surface area contributed by atoms with Gasteiger partial charge in [-0.15, -0.1) is 0 Å². The summed E-state index contributed by atoms with van der Waals surface area (Å²) in [6, 6.07) is 10.3. The molecule has 0 radical (unpaired) electrons. The van der Waals surface area contributed by atoms with Gasteiger partial charge in [0.2, 0.25) is 18.6 Å². The van der Waals surface area contributed by atoms with Crippen LogP contribution in [0.1, 0.15) is 121 Å². The fourth-order valence-corrected chi connectivity index (χ4v) is 16.9. The molecule has 11 rings (SSSR count). The lowest BCUT2D eigenvalue weighted by atomic mass is 9.47. The Hall–Kier alpha value is -6.06. The van der Waals surface area contributed by atoms with Gasteiger partial charge in [0.25, 0.3) is 5.91 Å². The van der Waals surface area contributed by atoms with Crippen molar-refractivity contribution in [3.8, 4) is 5.75 Å². The molecule has 3 aromatic rings. The lowest BCUT2D eigenvalue weighted by Crippen LogP contribution is -2.82. The summed E-state index contributed by atoms with van der Waals surface area (Å²) in [4.78, 5) is 94.6. The fourth-order valence-electron chi connectivity index (χ4n) is 16.9. The third-order valence-corrected chi connectivity index (χ3v) is 20.8. The van der Waals surface area contributed by atoms with Crippen LogP contribution >= 0.6 is 0 Å². The van der Waals surface area contributed by atoms with E-state index in [1.807, 2.05) is 82.0 Å². The summed E-state index contributed by atoms with van der Waals surface area (Å²) in [5.74, 6) is -3.06. The third kappa shape index (κ3) is 8.77. The van der Waals surface area contributed by atoms with E-state index in [4.69, 9.17) is 18.9 Å².